The third-order valence-electron chi connectivity index (χ3n) is 0.709. The fourth-order valence-corrected chi connectivity index (χ4v) is 0.996. The quantitative estimate of drug-likeness (QED) is 0.569. The molecule has 0 bridgehead atoms. The van der Waals surface area contributed by atoms with Crippen LogP contribution < -0.4 is 0 Å². The number of hydrogen-bond acceptors (Lipinski definition) is 2. The molecule has 1 radical (unpaired) electrons. The Bertz CT molecular complexity index is 135. The fourth-order valence-electron chi connectivity index (χ4n) is 0.332. The summed E-state index contributed by atoms with van der Waals surface area (Å²) in [5.74, 6) is 0.212. The van der Waals surface area contributed by atoms with Gasteiger partial charge in [0.25, 0.3) is 0 Å². The van der Waals surface area contributed by atoms with E-state index in [9.17, 15) is 8.42 Å². The molecule has 0 aromatic heterocycles. The van der Waals surface area contributed by atoms with Crippen LogP contribution in [0.2, 0.25) is 0 Å². The highest BCUT2D eigenvalue weighted by atomic mass is 32.2. The van der Waals surface area contributed by atoms with Crippen molar-refractivity contribution in [1.29, 1.82) is 0 Å². The van der Waals surface area contributed by atoms with Gasteiger partial charge in [0.05, 0.1) is 5.75 Å². The summed E-state index contributed by atoms with van der Waals surface area (Å²) in [7, 11) is -2.74. The minimum absolute atomic E-state index is 0.212. The Kier molecular flexibility index (Phi) is 3.05. The predicted molar refractivity (Wildman–Crippen MR) is 34.3 cm³/mol. The zero-order chi connectivity index (χ0) is 6.62. The van der Waals surface area contributed by atoms with Crippen molar-refractivity contribution >= 4 is 9.84 Å². The first-order valence-electron chi connectivity index (χ1n) is 2.55. The van der Waals surface area contributed by atoms with Crippen LogP contribution in [-0.4, -0.2) is 20.4 Å². The van der Waals surface area contributed by atoms with E-state index in [1.165, 1.54) is 6.26 Å². The maximum absolute atomic E-state index is 10.4. The Morgan fingerprint density at radius 1 is 1.50 bits per heavy atom. The first-order valence-corrected chi connectivity index (χ1v) is 4.61. The normalized spacial score (nSPS) is 11.8. The standard InChI is InChI=1S/C5H11O2S/c1-3-4-5-8(2,6)7/h4H,3,5H2,1-2H3. The Morgan fingerprint density at radius 2 is 2.00 bits per heavy atom. The molecular formula is C5H11O2S. The highest BCUT2D eigenvalue weighted by molar-refractivity contribution is 7.90. The summed E-state index contributed by atoms with van der Waals surface area (Å²) in [6, 6.07) is 0. The summed E-state index contributed by atoms with van der Waals surface area (Å²) in [6.07, 6.45) is 3.81. The van der Waals surface area contributed by atoms with E-state index in [1.807, 2.05) is 6.92 Å². The van der Waals surface area contributed by atoms with Crippen LogP contribution >= 0.6 is 0 Å². The molecule has 2 nitrogen and oxygen atoms in total. The topological polar surface area (TPSA) is 34.1 Å². The lowest BCUT2D eigenvalue weighted by Crippen LogP contribution is -2.02. The number of rotatable bonds is 3. The molecule has 8 heavy (non-hydrogen) atoms. The number of sulfone groups is 1. The summed E-state index contributed by atoms with van der Waals surface area (Å²) in [6.45, 7) is 1.92. The van der Waals surface area contributed by atoms with Gasteiger partial charge in [0.2, 0.25) is 0 Å². The van der Waals surface area contributed by atoms with Crippen molar-refractivity contribution in [2.24, 2.45) is 0 Å². The zero-order valence-electron chi connectivity index (χ0n) is 5.22. The predicted octanol–water partition coefficient (Wildman–Crippen LogP) is 0.645. The fraction of sp³-hybridized carbons (Fsp3) is 0.800. The Hall–Kier alpha value is -0.0500. The summed E-state index contributed by atoms with van der Waals surface area (Å²) < 4.78 is 20.7. The third-order valence-corrected chi connectivity index (χ3v) is 1.55. The van der Waals surface area contributed by atoms with Gasteiger partial charge in [0, 0.05) is 6.26 Å². The zero-order valence-corrected chi connectivity index (χ0v) is 6.03. The largest absolute Gasteiger partial charge is 0.229 e. The smallest absolute Gasteiger partial charge is 0.147 e. The first kappa shape index (κ1) is 7.95. The van der Waals surface area contributed by atoms with E-state index in [-0.39, 0.29) is 5.75 Å². The lowest BCUT2D eigenvalue weighted by molar-refractivity contribution is 0.603. The van der Waals surface area contributed by atoms with Gasteiger partial charge in [-0.3, -0.25) is 0 Å². The second-order valence-electron chi connectivity index (χ2n) is 1.79. The van der Waals surface area contributed by atoms with E-state index in [4.69, 9.17) is 0 Å². The van der Waals surface area contributed by atoms with Crippen molar-refractivity contribution in [2.75, 3.05) is 12.0 Å². The molecule has 0 heterocycles. The van der Waals surface area contributed by atoms with Gasteiger partial charge >= 0.3 is 0 Å². The molecule has 0 aliphatic carbocycles. The molecule has 0 aliphatic rings. The second-order valence-corrected chi connectivity index (χ2v) is 3.97. The molecular weight excluding hydrogens is 124 g/mol. The Morgan fingerprint density at radius 3 is 2.12 bits per heavy atom. The molecule has 0 N–H and O–H groups in total. The molecule has 0 spiro atoms. The van der Waals surface area contributed by atoms with E-state index in [1.54, 1.807) is 6.42 Å². The molecule has 0 saturated heterocycles. The molecule has 0 aromatic rings. The van der Waals surface area contributed by atoms with Gasteiger partial charge in [-0.2, -0.15) is 0 Å². The molecule has 0 unspecified atom stereocenters. The number of hydrogen-bond donors (Lipinski definition) is 0. The van der Waals surface area contributed by atoms with Gasteiger partial charge in [-0.05, 0) is 6.42 Å². The van der Waals surface area contributed by atoms with E-state index >= 15 is 0 Å². The van der Waals surface area contributed by atoms with Crippen LogP contribution in [0.4, 0.5) is 0 Å². The summed E-state index contributed by atoms with van der Waals surface area (Å²) in [5.41, 5.74) is 0. The van der Waals surface area contributed by atoms with Crippen molar-refractivity contribution in [1.82, 2.24) is 0 Å². The maximum atomic E-state index is 10.4. The first-order chi connectivity index (χ1) is 3.56. The van der Waals surface area contributed by atoms with Crippen molar-refractivity contribution in [3.8, 4) is 0 Å². The Labute approximate surface area is 50.8 Å². The van der Waals surface area contributed by atoms with E-state index in [0.717, 1.165) is 6.42 Å². The summed E-state index contributed by atoms with van der Waals surface area (Å²) >= 11 is 0. The molecule has 0 atom stereocenters. The average molecular weight is 135 g/mol. The summed E-state index contributed by atoms with van der Waals surface area (Å²) in [5, 5.41) is 0. The van der Waals surface area contributed by atoms with E-state index in [2.05, 4.69) is 0 Å². The monoisotopic (exact) mass is 135 g/mol. The van der Waals surface area contributed by atoms with E-state index in [0.29, 0.717) is 0 Å². The minimum Gasteiger partial charge on any atom is -0.229 e. The number of unbranched alkanes of at least 4 members (excludes halogenated alkanes) is 1. The van der Waals surface area contributed by atoms with Gasteiger partial charge < -0.3 is 0 Å². The van der Waals surface area contributed by atoms with Crippen LogP contribution in [0.25, 0.3) is 0 Å². The molecule has 0 aliphatic heterocycles. The molecule has 49 valence electrons. The van der Waals surface area contributed by atoms with Crippen molar-refractivity contribution in [2.45, 2.75) is 13.3 Å². The van der Waals surface area contributed by atoms with Gasteiger partial charge in [0.1, 0.15) is 9.84 Å². The lowest BCUT2D eigenvalue weighted by Gasteiger charge is -1.90. The van der Waals surface area contributed by atoms with Crippen LogP contribution in [0.15, 0.2) is 0 Å². The highest BCUT2D eigenvalue weighted by Crippen LogP contribution is 1.89. The van der Waals surface area contributed by atoms with Crippen molar-refractivity contribution < 1.29 is 8.42 Å². The van der Waals surface area contributed by atoms with Crippen LogP contribution in [0, 0.1) is 6.42 Å². The van der Waals surface area contributed by atoms with Crippen LogP contribution in [0.5, 0.6) is 0 Å². The van der Waals surface area contributed by atoms with Gasteiger partial charge in [-0.15, -0.1) is 0 Å². The molecule has 3 heteroatoms. The summed E-state index contributed by atoms with van der Waals surface area (Å²) in [4.78, 5) is 0. The molecule has 0 fully saturated rings. The maximum Gasteiger partial charge on any atom is 0.147 e. The van der Waals surface area contributed by atoms with Gasteiger partial charge in [0.15, 0.2) is 0 Å². The Balaban J connectivity index is 3.42. The lowest BCUT2D eigenvalue weighted by atomic mass is 10.4. The third kappa shape index (κ3) is 5.95. The van der Waals surface area contributed by atoms with Crippen molar-refractivity contribution in [3.63, 3.8) is 0 Å². The van der Waals surface area contributed by atoms with Crippen LogP contribution in [0.3, 0.4) is 0 Å². The average Bonchev–Trinajstić information content (AvgIpc) is 1.59. The second kappa shape index (κ2) is 3.07. The van der Waals surface area contributed by atoms with E-state index < -0.39 is 9.84 Å². The van der Waals surface area contributed by atoms with Crippen LogP contribution in [0.1, 0.15) is 13.3 Å². The highest BCUT2D eigenvalue weighted by Gasteiger charge is 1.97. The SMILES string of the molecule is CC[CH]CS(C)(=O)=O. The molecule has 0 aromatic carbocycles. The molecule has 0 rings (SSSR count). The van der Waals surface area contributed by atoms with Crippen molar-refractivity contribution in [3.05, 3.63) is 6.42 Å². The van der Waals surface area contributed by atoms with Crippen LogP contribution in [-0.2, 0) is 9.84 Å². The molecule has 0 saturated carbocycles. The van der Waals surface area contributed by atoms with Gasteiger partial charge in [-0.1, -0.05) is 13.3 Å². The molecule has 0 amide bonds. The minimum atomic E-state index is -2.74. The van der Waals surface area contributed by atoms with Gasteiger partial charge in [-0.25, -0.2) is 8.42 Å².